The maximum Gasteiger partial charge on any atom is 0.261 e. The van der Waals surface area contributed by atoms with E-state index in [9.17, 15) is 13.6 Å². The lowest BCUT2D eigenvalue weighted by molar-refractivity contribution is 0.101. The van der Waals surface area contributed by atoms with Gasteiger partial charge < -0.3 is 5.32 Å². The summed E-state index contributed by atoms with van der Waals surface area (Å²) < 4.78 is 27.8. The zero-order valence-electron chi connectivity index (χ0n) is 11.6. The monoisotopic (exact) mass is 353 g/mol. The molecular weight excluding hydrogens is 340 g/mol. The van der Waals surface area contributed by atoms with Crippen LogP contribution >= 0.6 is 15.9 Å². The van der Waals surface area contributed by atoms with Crippen LogP contribution in [0.3, 0.4) is 0 Å². The fourth-order valence-corrected chi connectivity index (χ4v) is 2.46. The molecule has 21 heavy (non-hydrogen) atoms. The quantitative estimate of drug-likeness (QED) is 0.816. The van der Waals surface area contributed by atoms with Crippen LogP contribution in [-0.2, 0) is 0 Å². The summed E-state index contributed by atoms with van der Waals surface area (Å²) in [4.78, 5) is 12.1. The maximum absolute atomic E-state index is 13.8. The molecule has 0 fully saturated rings. The molecule has 5 heteroatoms. The molecule has 0 spiro atoms. The highest BCUT2D eigenvalue weighted by Gasteiger charge is 2.19. The molecule has 1 N–H and O–H groups in total. The summed E-state index contributed by atoms with van der Waals surface area (Å²) in [5, 5.41) is 2.58. The van der Waals surface area contributed by atoms with Crippen LogP contribution in [0, 0.1) is 11.6 Å². The summed E-state index contributed by atoms with van der Waals surface area (Å²) >= 11 is 2.98. The molecule has 0 saturated heterocycles. The number of carbonyl (C=O) groups is 1. The molecule has 0 aliphatic rings. The van der Waals surface area contributed by atoms with Crippen LogP contribution in [-0.4, -0.2) is 5.91 Å². The van der Waals surface area contributed by atoms with Crippen LogP contribution in [0.4, 0.5) is 14.5 Å². The maximum atomic E-state index is 13.8. The standard InChI is InChI=1S/C16H14BrF2NO/c1-9(2)11-5-3-4-6-14(11)20-16(21)15-12(18)7-10(17)8-13(15)19/h3-9H,1-2H3,(H,20,21). The molecule has 0 unspecified atom stereocenters. The predicted molar refractivity (Wildman–Crippen MR) is 82.5 cm³/mol. The Morgan fingerprint density at radius 2 is 1.71 bits per heavy atom. The average Bonchev–Trinajstić information content (AvgIpc) is 2.37. The molecule has 2 nitrogen and oxygen atoms in total. The van der Waals surface area contributed by atoms with Gasteiger partial charge in [-0.1, -0.05) is 48.0 Å². The number of para-hydroxylation sites is 1. The van der Waals surface area contributed by atoms with Gasteiger partial charge in [-0.25, -0.2) is 8.78 Å². The summed E-state index contributed by atoms with van der Waals surface area (Å²) in [6.45, 7) is 3.96. The second-order valence-electron chi connectivity index (χ2n) is 4.94. The molecule has 0 aromatic heterocycles. The smallest absolute Gasteiger partial charge is 0.261 e. The Labute approximate surface area is 130 Å². The molecule has 2 aromatic carbocycles. The van der Waals surface area contributed by atoms with Crippen molar-refractivity contribution in [3.8, 4) is 0 Å². The average molecular weight is 354 g/mol. The van der Waals surface area contributed by atoms with Crippen molar-refractivity contribution in [3.63, 3.8) is 0 Å². The normalized spacial score (nSPS) is 10.8. The molecule has 2 rings (SSSR count). The van der Waals surface area contributed by atoms with E-state index in [-0.39, 0.29) is 10.4 Å². The molecule has 0 radical (unpaired) electrons. The zero-order chi connectivity index (χ0) is 15.6. The minimum atomic E-state index is -0.901. The third-order valence-corrected chi connectivity index (χ3v) is 3.52. The molecule has 0 bridgehead atoms. The third-order valence-electron chi connectivity index (χ3n) is 3.06. The lowest BCUT2D eigenvalue weighted by Gasteiger charge is -2.14. The highest BCUT2D eigenvalue weighted by atomic mass is 79.9. The number of rotatable bonds is 3. The molecule has 0 aliphatic carbocycles. The highest BCUT2D eigenvalue weighted by Crippen LogP contribution is 2.25. The zero-order valence-corrected chi connectivity index (χ0v) is 13.2. The molecular formula is C16H14BrF2NO. The largest absolute Gasteiger partial charge is 0.322 e. The molecule has 0 heterocycles. The van der Waals surface area contributed by atoms with Gasteiger partial charge >= 0.3 is 0 Å². The number of hydrogen-bond acceptors (Lipinski definition) is 1. The summed E-state index contributed by atoms with van der Waals surface area (Å²) in [6, 6.07) is 9.32. The van der Waals surface area contributed by atoms with E-state index in [2.05, 4.69) is 21.2 Å². The van der Waals surface area contributed by atoms with Crippen LogP contribution in [0.15, 0.2) is 40.9 Å². The first-order valence-corrected chi connectivity index (χ1v) is 7.24. The van der Waals surface area contributed by atoms with Gasteiger partial charge in [-0.05, 0) is 29.7 Å². The number of carbonyl (C=O) groups excluding carboxylic acids is 1. The number of anilines is 1. The van der Waals surface area contributed by atoms with Gasteiger partial charge in [-0.3, -0.25) is 4.79 Å². The van der Waals surface area contributed by atoms with E-state index in [0.29, 0.717) is 5.69 Å². The summed E-state index contributed by atoms with van der Waals surface area (Å²) in [6.07, 6.45) is 0. The van der Waals surface area contributed by atoms with Gasteiger partial charge in [-0.2, -0.15) is 0 Å². The van der Waals surface area contributed by atoms with Gasteiger partial charge in [0.25, 0.3) is 5.91 Å². The number of amides is 1. The van der Waals surface area contributed by atoms with Crippen molar-refractivity contribution in [1.82, 2.24) is 0 Å². The molecule has 110 valence electrons. The molecule has 1 amide bonds. The molecule has 0 atom stereocenters. The minimum Gasteiger partial charge on any atom is -0.322 e. The summed E-state index contributed by atoms with van der Waals surface area (Å²) in [5.41, 5.74) is 0.875. The van der Waals surface area contributed by atoms with Crippen molar-refractivity contribution in [1.29, 1.82) is 0 Å². The van der Waals surface area contributed by atoms with E-state index < -0.39 is 23.1 Å². The highest BCUT2D eigenvalue weighted by molar-refractivity contribution is 9.10. The van der Waals surface area contributed by atoms with Crippen LogP contribution in [0.25, 0.3) is 0 Å². The van der Waals surface area contributed by atoms with E-state index in [1.54, 1.807) is 12.1 Å². The Morgan fingerprint density at radius 3 is 2.29 bits per heavy atom. The lowest BCUT2D eigenvalue weighted by Crippen LogP contribution is -2.17. The van der Waals surface area contributed by atoms with Gasteiger partial charge in [0.2, 0.25) is 0 Å². The van der Waals surface area contributed by atoms with Crippen molar-refractivity contribution in [2.24, 2.45) is 0 Å². The van der Waals surface area contributed by atoms with Crippen LogP contribution in [0.2, 0.25) is 0 Å². The number of nitrogens with one attached hydrogen (secondary N) is 1. The summed E-state index contributed by atoms with van der Waals surface area (Å²) in [7, 11) is 0. The van der Waals surface area contributed by atoms with Crippen LogP contribution < -0.4 is 5.32 Å². The van der Waals surface area contributed by atoms with Crippen molar-refractivity contribution in [3.05, 3.63) is 63.6 Å². The van der Waals surface area contributed by atoms with Gasteiger partial charge in [0.15, 0.2) is 0 Å². The predicted octanol–water partition coefficient (Wildman–Crippen LogP) is 5.10. The third kappa shape index (κ3) is 3.47. The van der Waals surface area contributed by atoms with Crippen molar-refractivity contribution in [2.75, 3.05) is 5.32 Å². The van der Waals surface area contributed by atoms with Gasteiger partial charge in [0.1, 0.15) is 17.2 Å². The number of hydrogen-bond donors (Lipinski definition) is 1. The minimum absolute atomic E-state index is 0.182. The molecule has 2 aromatic rings. The Hall–Kier alpha value is -1.75. The first-order valence-electron chi connectivity index (χ1n) is 6.45. The van der Waals surface area contributed by atoms with Crippen LogP contribution in [0.1, 0.15) is 35.7 Å². The van der Waals surface area contributed by atoms with E-state index in [0.717, 1.165) is 17.7 Å². The Kier molecular flexibility index (Phi) is 4.73. The SMILES string of the molecule is CC(C)c1ccccc1NC(=O)c1c(F)cc(Br)cc1F. The van der Waals surface area contributed by atoms with Gasteiger partial charge in [0, 0.05) is 10.2 Å². The van der Waals surface area contributed by atoms with E-state index in [1.165, 1.54) is 0 Å². The van der Waals surface area contributed by atoms with Crippen molar-refractivity contribution >= 4 is 27.5 Å². The number of halogens is 3. The van der Waals surface area contributed by atoms with E-state index in [1.807, 2.05) is 26.0 Å². The second kappa shape index (κ2) is 6.35. The van der Waals surface area contributed by atoms with E-state index >= 15 is 0 Å². The van der Waals surface area contributed by atoms with Gasteiger partial charge in [-0.15, -0.1) is 0 Å². The van der Waals surface area contributed by atoms with Crippen LogP contribution in [0.5, 0.6) is 0 Å². The molecule has 0 saturated carbocycles. The summed E-state index contributed by atoms with van der Waals surface area (Å²) in [5.74, 6) is -2.42. The van der Waals surface area contributed by atoms with E-state index in [4.69, 9.17) is 0 Å². The Bertz CT molecular complexity index is 663. The lowest BCUT2D eigenvalue weighted by atomic mass is 10.0. The Morgan fingerprint density at radius 1 is 1.14 bits per heavy atom. The van der Waals surface area contributed by atoms with Crippen molar-refractivity contribution < 1.29 is 13.6 Å². The fraction of sp³-hybridized carbons (Fsp3) is 0.188. The van der Waals surface area contributed by atoms with Crippen molar-refractivity contribution in [2.45, 2.75) is 19.8 Å². The van der Waals surface area contributed by atoms with Gasteiger partial charge in [0.05, 0.1) is 0 Å². The topological polar surface area (TPSA) is 29.1 Å². The first kappa shape index (κ1) is 15.6. The first-order chi connectivity index (χ1) is 9.90. The number of benzene rings is 2. The fourth-order valence-electron chi connectivity index (χ4n) is 2.06. The molecule has 0 aliphatic heterocycles. The second-order valence-corrected chi connectivity index (χ2v) is 5.86. The Balaban J connectivity index is 2.36.